The number of H-pyrrole nitrogens is 2. The van der Waals surface area contributed by atoms with Crippen LogP contribution >= 0.6 is 0 Å². The number of aromatic amines is 2. The number of nitrogens with one attached hydrogen (secondary N) is 2. The summed E-state index contributed by atoms with van der Waals surface area (Å²) in [7, 11) is 0. The zero-order valence-corrected chi connectivity index (χ0v) is 39.3. The minimum Gasteiger partial charge on any atom is -0.466 e. The number of ether oxygens (including phenoxy) is 2. The van der Waals surface area contributed by atoms with Crippen LogP contribution in [0.15, 0.2) is 121 Å². The zero-order chi connectivity index (χ0) is 46.5. The van der Waals surface area contributed by atoms with E-state index in [4.69, 9.17) is 19.4 Å². The van der Waals surface area contributed by atoms with Gasteiger partial charge in [-0.2, -0.15) is 0 Å². The van der Waals surface area contributed by atoms with Crippen LogP contribution in [0.5, 0.6) is 0 Å². The van der Waals surface area contributed by atoms with Crippen molar-refractivity contribution in [1.29, 1.82) is 0 Å². The van der Waals surface area contributed by atoms with E-state index in [0.717, 1.165) is 125 Å². The molecule has 11 rings (SSSR count). The average molecular weight is 897 g/mol. The quantitative estimate of drug-likeness (QED) is 0.0718. The number of rotatable bonds is 12. The van der Waals surface area contributed by atoms with Crippen LogP contribution in [0.4, 0.5) is 0 Å². The van der Waals surface area contributed by atoms with Crippen molar-refractivity contribution in [2.24, 2.45) is 0 Å². The maximum Gasteiger partial charge on any atom is 0.306 e. The van der Waals surface area contributed by atoms with E-state index in [1.165, 1.54) is 21.5 Å². The van der Waals surface area contributed by atoms with Crippen LogP contribution in [0.25, 0.3) is 98.4 Å². The third kappa shape index (κ3) is 7.56. The van der Waals surface area contributed by atoms with Gasteiger partial charge in [-0.1, -0.05) is 131 Å². The Morgan fingerprint density at radius 2 is 1.03 bits per heavy atom. The van der Waals surface area contributed by atoms with Crippen LogP contribution in [0.3, 0.4) is 0 Å². The van der Waals surface area contributed by atoms with Crippen molar-refractivity contribution in [2.45, 2.75) is 90.9 Å². The van der Waals surface area contributed by atoms with Gasteiger partial charge in [-0.3, -0.25) is 14.6 Å². The van der Waals surface area contributed by atoms with Gasteiger partial charge in [0.05, 0.1) is 24.6 Å². The maximum absolute atomic E-state index is 13.3. The van der Waals surface area contributed by atoms with Gasteiger partial charge >= 0.3 is 11.9 Å². The van der Waals surface area contributed by atoms with E-state index in [-0.39, 0.29) is 30.2 Å². The van der Waals surface area contributed by atoms with Crippen molar-refractivity contribution in [3.63, 3.8) is 0 Å². The molecule has 0 spiro atoms. The molecule has 3 aromatic heterocycles. The van der Waals surface area contributed by atoms with Crippen molar-refractivity contribution >= 4 is 87.9 Å². The van der Waals surface area contributed by atoms with Gasteiger partial charge in [0.25, 0.3) is 0 Å². The van der Waals surface area contributed by atoms with Crippen molar-refractivity contribution in [1.82, 2.24) is 19.9 Å². The second-order valence-electron chi connectivity index (χ2n) is 18.7. The lowest BCUT2D eigenvalue weighted by Gasteiger charge is -2.16. The van der Waals surface area contributed by atoms with Crippen molar-refractivity contribution in [2.75, 3.05) is 13.2 Å². The van der Waals surface area contributed by atoms with E-state index < -0.39 is 0 Å². The molecule has 2 aliphatic rings. The van der Waals surface area contributed by atoms with Gasteiger partial charge in [-0.15, -0.1) is 0 Å². The summed E-state index contributed by atoms with van der Waals surface area (Å²) in [6.07, 6.45) is 5.30. The molecule has 2 atom stereocenters. The number of aromatic nitrogens is 4. The van der Waals surface area contributed by atoms with E-state index in [1.54, 1.807) is 0 Å². The van der Waals surface area contributed by atoms with Crippen LogP contribution in [-0.4, -0.2) is 45.1 Å². The number of unbranched alkanes of at least 4 members (excludes halogenated alkanes) is 2. The van der Waals surface area contributed by atoms with Crippen molar-refractivity contribution in [3.8, 4) is 22.5 Å². The first-order valence-corrected chi connectivity index (χ1v) is 24.5. The minimum atomic E-state index is -0.191. The molecule has 0 radical (unpaired) electrons. The molecule has 0 saturated heterocycles. The Hall–Kier alpha value is -7.32. The molecule has 0 amide bonds. The van der Waals surface area contributed by atoms with Crippen LogP contribution in [0.1, 0.15) is 100 Å². The highest BCUT2D eigenvalue weighted by atomic mass is 16.5. The first-order chi connectivity index (χ1) is 33.3. The molecule has 6 aromatic carbocycles. The number of nitrogens with zero attached hydrogens (tertiary/aromatic N) is 2. The smallest absolute Gasteiger partial charge is 0.306 e. The number of hydrogen-bond acceptors (Lipinski definition) is 6. The molecule has 2 aliphatic heterocycles. The van der Waals surface area contributed by atoms with E-state index in [9.17, 15) is 9.59 Å². The predicted octanol–water partition coefficient (Wildman–Crippen LogP) is 15.0. The van der Waals surface area contributed by atoms with Crippen LogP contribution in [0, 0.1) is 6.92 Å². The number of esters is 2. The molecule has 0 fully saturated rings. The topological polar surface area (TPSA) is 110 Å². The van der Waals surface area contributed by atoms with Gasteiger partial charge in [0.2, 0.25) is 0 Å². The molecular weight excluding hydrogens is 841 g/mol. The molecule has 9 aromatic rings. The molecule has 2 N–H and O–H groups in total. The van der Waals surface area contributed by atoms with Gasteiger partial charge in [-0.05, 0) is 111 Å². The summed E-state index contributed by atoms with van der Waals surface area (Å²) in [6, 6.07) is 43.4. The maximum atomic E-state index is 13.3. The van der Waals surface area contributed by atoms with Gasteiger partial charge in [0.15, 0.2) is 0 Å². The summed E-state index contributed by atoms with van der Waals surface area (Å²) >= 11 is 0. The second kappa shape index (κ2) is 18.1. The lowest BCUT2D eigenvalue weighted by molar-refractivity contribution is -0.144. The SMILES string of the molecule is CCCCOC(=O)CCc1c(C)c2cc3[nH]c(cc4nc(cc5nc(cc1[nH]2)-c1c-5c2ccccc2c2ccccc12)C(C)C4CCC(=O)OCCCC)c1c2ccccc2c2ccccc2c31. The molecule has 8 heteroatoms. The predicted molar refractivity (Wildman–Crippen MR) is 278 cm³/mol. The van der Waals surface area contributed by atoms with E-state index in [1.807, 2.05) is 0 Å². The molecule has 68 heavy (non-hydrogen) atoms. The number of aryl methyl sites for hydroxylation is 2. The minimum absolute atomic E-state index is 0.0204. The molecular formula is C60H56N4O4. The molecule has 0 saturated carbocycles. The van der Waals surface area contributed by atoms with Gasteiger partial charge in [0, 0.05) is 80.0 Å². The van der Waals surface area contributed by atoms with Gasteiger partial charge < -0.3 is 19.4 Å². The van der Waals surface area contributed by atoms with E-state index in [2.05, 4.69) is 159 Å². The summed E-state index contributed by atoms with van der Waals surface area (Å²) in [6.45, 7) is 9.46. The fraction of sp³-hybridized carbons (Fsp3) is 0.267. The number of hydrogen-bond donors (Lipinski definition) is 2. The summed E-state index contributed by atoms with van der Waals surface area (Å²) in [5.41, 5.74) is 11.6. The molecule has 0 aliphatic carbocycles. The highest BCUT2D eigenvalue weighted by Gasteiger charge is 2.32. The fourth-order valence-corrected chi connectivity index (χ4v) is 11.0. The summed E-state index contributed by atoms with van der Waals surface area (Å²) in [5.74, 6) is -0.436. The van der Waals surface area contributed by atoms with E-state index >= 15 is 0 Å². The Morgan fingerprint density at radius 1 is 0.544 bits per heavy atom. The second-order valence-corrected chi connectivity index (χ2v) is 18.7. The average Bonchev–Trinajstić information content (AvgIpc) is 4.07. The largest absolute Gasteiger partial charge is 0.466 e. The number of benzene rings is 6. The van der Waals surface area contributed by atoms with Crippen LogP contribution in [0.2, 0.25) is 0 Å². The molecule has 2 unspecified atom stereocenters. The third-order valence-electron chi connectivity index (χ3n) is 14.5. The first kappa shape index (κ1) is 43.3. The monoisotopic (exact) mass is 896 g/mol. The normalized spacial score (nSPS) is 14.6. The van der Waals surface area contributed by atoms with Crippen LogP contribution < -0.4 is 0 Å². The number of carbonyl (C=O) groups is 2. The van der Waals surface area contributed by atoms with Crippen molar-refractivity contribution in [3.05, 3.63) is 144 Å². The summed E-state index contributed by atoms with van der Waals surface area (Å²) in [4.78, 5) is 45.4. The molecule has 340 valence electrons. The lowest BCUT2D eigenvalue weighted by atomic mass is 9.86. The van der Waals surface area contributed by atoms with E-state index in [0.29, 0.717) is 32.5 Å². The van der Waals surface area contributed by atoms with Gasteiger partial charge in [0.1, 0.15) is 0 Å². The Kier molecular flexibility index (Phi) is 11.5. The zero-order valence-electron chi connectivity index (χ0n) is 39.3. The third-order valence-corrected chi connectivity index (χ3v) is 14.5. The Labute approximate surface area is 395 Å². The standard InChI is InChI=1S/C60H56N4O4/c1-5-7-29-67-55(65)27-25-37-35(3)47-31-51-57-43-21-13-9-18-40(43)42-20-12-16-24-46(42)60(57)54(64-51)34-50-38(26-28-56(66)68-30-8-6-2)36(4)48(62-50)32-52-58-44-22-14-10-17-39(44)41-19-11-15-23-45(41)59(58)53(63-52)33-49(37)61-47/h9-24,31-35,37,62-63H,5-8,25-30H2,1-4H3. The Balaban J connectivity index is 1.25. The molecule has 5 heterocycles. The Bertz CT molecular complexity index is 3660. The highest BCUT2D eigenvalue weighted by Crippen LogP contribution is 2.49. The summed E-state index contributed by atoms with van der Waals surface area (Å²) < 4.78 is 11.4. The fourth-order valence-electron chi connectivity index (χ4n) is 11.0. The van der Waals surface area contributed by atoms with Crippen molar-refractivity contribution < 1.29 is 19.1 Å². The molecule has 8 nitrogen and oxygen atoms in total. The first-order valence-electron chi connectivity index (χ1n) is 24.5. The number of carbonyl (C=O) groups excluding carboxylic acids is 2. The lowest BCUT2D eigenvalue weighted by Crippen LogP contribution is -2.09. The number of fused-ring (bicyclic) bond motifs is 24. The highest BCUT2D eigenvalue weighted by molar-refractivity contribution is 6.33. The van der Waals surface area contributed by atoms with Gasteiger partial charge in [-0.25, -0.2) is 4.98 Å². The summed E-state index contributed by atoms with van der Waals surface area (Å²) in [5, 5.41) is 11.5. The van der Waals surface area contributed by atoms with Crippen LogP contribution in [-0.2, 0) is 25.5 Å². The molecule has 8 bridgehead atoms. The Morgan fingerprint density at radius 3 is 1.60 bits per heavy atom.